The lowest BCUT2D eigenvalue weighted by molar-refractivity contribution is -0.121. The molecular weight excluding hydrogens is 797 g/mol. The van der Waals surface area contributed by atoms with E-state index in [0.29, 0.717) is 10.0 Å². The Balaban J connectivity index is 0.000000239. The molecule has 3 amide bonds. The van der Waals surface area contributed by atoms with Crippen LogP contribution in [0.2, 0.25) is 10.0 Å². The molecule has 0 fully saturated rings. The first kappa shape index (κ1) is 33.0. The predicted octanol–water partition coefficient (Wildman–Crippen LogP) is 5.62. The maximum absolute atomic E-state index is 12.0. The van der Waals surface area contributed by atoms with Gasteiger partial charge in [0, 0.05) is 30.3 Å². The van der Waals surface area contributed by atoms with Crippen molar-refractivity contribution in [2.24, 2.45) is 5.84 Å². The van der Waals surface area contributed by atoms with E-state index < -0.39 is 11.7 Å². The first-order chi connectivity index (χ1) is 19.2. The van der Waals surface area contributed by atoms with E-state index in [9.17, 15) is 14.4 Å². The molecule has 2 heterocycles. The fraction of sp³-hybridized carbons (Fsp3) is 0.222. The molecule has 0 aliphatic heterocycles. The van der Waals surface area contributed by atoms with Gasteiger partial charge < -0.3 is 4.74 Å². The van der Waals surface area contributed by atoms with Gasteiger partial charge >= 0.3 is 6.09 Å². The summed E-state index contributed by atoms with van der Waals surface area (Å²) in [6.07, 6.45) is 2.84. The average Bonchev–Trinajstić information content (AvgIpc) is 2.86. The van der Waals surface area contributed by atoms with E-state index in [-0.39, 0.29) is 24.7 Å². The molecule has 0 aliphatic rings. The number of pyridine rings is 2. The molecule has 0 atom stereocenters. The van der Waals surface area contributed by atoms with Gasteiger partial charge in [0.1, 0.15) is 5.60 Å². The molecule has 10 nitrogen and oxygen atoms in total. The lowest BCUT2D eigenvalue weighted by atomic mass is 10.1. The normalized spacial score (nSPS) is 10.9. The number of nitrogens with one attached hydrogen (secondary N) is 3. The molecule has 0 spiro atoms. The first-order valence-electron chi connectivity index (χ1n) is 12.0. The summed E-state index contributed by atoms with van der Waals surface area (Å²) in [6, 6.07) is 11.2. The van der Waals surface area contributed by atoms with Gasteiger partial charge in [0.25, 0.3) is 0 Å². The highest BCUT2D eigenvalue weighted by Gasteiger charge is 2.17. The molecular formula is C27H26Cl2I2N6O4. The van der Waals surface area contributed by atoms with Crippen molar-refractivity contribution in [3.8, 4) is 0 Å². The number of ether oxygens (including phenoxy) is 1. The minimum absolute atomic E-state index is 0.105. The van der Waals surface area contributed by atoms with Crippen molar-refractivity contribution in [1.29, 1.82) is 0 Å². The summed E-state index contributed by atoms with van der Waals surface area (Å²) in [7, 11) is 0. The highest BCUT2D eigenvalue weighted by atomic mass is 127. The second-order valence-corrected chi connectivity index (χ2v) is 12.9. The molecule has 0 radical (unpaired) electrons. The third kappa shape index (κ3) is 10.4. The lowest BCUT2D eigenvalue weighted by Gasteiger charge is -2.19. The summed E-state index contributed by atoms with van der Waals surface area (Å²) in [5.74, 6) is 4.48. The van der Waals surface area contributed by atoms with Crippen molar-refractivity contribution < 1.29 is 19.1 Å². The van der Waals surface area contributed by atoms with E-state index in [1.807, 2.05) is 30.3 Å². The number of hydrogen-bond donors (Lipinski definition) is 4. The number of carbonyl (C=O) groups is 3. The van der Waals surface area contributed by atoms with Gasteiger partial charge in [0.05, 0.1) is 33.9 Å². The Labute approximate surface area is 273 Å². The molecule has 2 aromatic heterocycles. The fourth-order valence-electron chi connectivity index (χ4n) is 3.57. The van der Waals surface area contributed by atoms with Crippen LogP contribution in [0.4, 0.5) is 4.79 Å². The fourth-order valence-corrected chi connectivity index (χ4v) is 5.60. The van der Waals surface area contributed by atoms with Crippen LogP contribution >= 0.6 is 68.4 Å². The molecule has 0 unspecified atom stereocenters. The zero-order chi connectivity index (χ0) is 30.3. The number of fused-ring (bicyclic) bond motifs is 2. The number of amides is 3. The summed E-state index contributed by atoms with van der Waals surface area (Å²) in [5, 5.41) is 2.89. The molecule has 4 rings (SSSR count). The summed E-state index contributed by atoms with van der Waals surface area (Å²) in [5.41, 5.74) is 9.41. The Hall–Kier alpha value is -2.53. The van der Waals surface area contributed by atoms with Crippen LogP contribution in [0.1, 0.15) is 31.9 Å². The molecule has 0 bridgehead atoms. The van der Waals surface area contributed by atoms with E-state index in [0.717, 1.165) is 40.1 Å². The summed E-state index contributed by atoms with van der Waals surface area (Å²) >= 11 is 16.2. The van der Waals surface area contributed by atoms with E-state index in [4.69, 9.17) is 33.8 Å². The monoisotopic (exact) mass is 822 g/mol. The highest BCUT2D eigenvalue weighted by molar-refractivity contribution is 14.1. The topological polar surface area (TPSA) is 148 Å². The Kier molecular flexibility index (Phi) is 11.7. The molecule has 2 aromatic carbocycles. The molecule has 0 saturated carbocycles. The number of benzene rings is 2. The second kappa shape index (κ2) is 14.6. The number of nitrogens with two attached hydrogens (primary N) is 1. The van der Waals surface area contributed by atoms with Crippen molar-refractivity contribution in [3.63, 3.8) is 0 Å². The summed E-state index contributed by atoms with van der Waals surface area (Å²) < 4.78 is 6.94. The van der Waals surface area contributed by atoms with Crippen molar-refractivity contribution in [3.05, 3.63) is 77.1 Å². The summed E-state index contributed by atoms with van der Waals surface area (Å²) in [6.45, 7) is 5.22. The predicted molar refractivity (Wildman–Crippen MR) is 176 cm³/mol. The van der Waals surface area contributed by atoms with Crippen LogP contribution in [0, 0.1) is 7.14 Å². The van der Waals surface area contributed by atoms with Gasteiger partial charge in [0.15, 0.2) is 0 Å². The molecule has 216 valence electrons. The van der Waals surface area contributed by atoms with Crippen LogP contribution in [0.5, 0.6) is 0 Å². The third-order valence-corrected chi connectivity index (χ3v) is 7.18. The number of hydrazine groups is 2. The highest BCUT2D eigenvalue weighted by Crippen LogP contribution is 2.25. The molecule has 4 aromatic rings. The van der Waals surface area contributed by atoms with E-state index in [2.05, 4.69) is 71.4 Å². The third-order valence-electron chi connectivity index (χ3n) is 5.12. The Morgan fingerprint density at radius 2 is 1.27 bits per heavy atom. The van der Waals surface area contributed by atoms with Gasteiger partial charge in [-0.1, -0.05) is 23.2 Å². The van der Waals surface area contributed by atoms with Crippen molar-refractivity contribution >= 4 is 108 Å². The zero-order valence-electron chi connectivity index (χ0n) is 22.1. The van der Waals surface area contributed by atoms with Gasteiger partial charge in [-0.15, -0.1) is 0 Å². The molecule has 5 N–H and O–H groups in total. The van der Waals surface area contributed by atoms with Gasteiger partial charge in [-0.25, -0.2) is 16.1 Å². The van der Waals surface area contributed by atoms with Gasteiger partial charge in [-0.3, -0.25) is 30.4 Å². The number of hydrogen-bond acceptors (Lipinski definition) is 7. The van der Waals surface area contributed by atoms with Crippen LogP contribution in [0.3, 0.4) is 0 Å². The Bertz CT molecular complexity index is 1610. The van der Waals surface area contributed by atoms with E-state index in [1.54, 1.807) is 39.2 Å². The quantitative estimate of drug-likeness (QED) is 0.0905. The minimum atomic E-state index is -0.708. The van der Waals surface area contributed by atoms with Crippen LogP contribution in [-0.2, 0) is 27.2 Å². The molecule has 14 heteroatoms. The number of nitrogens with zero attached hydrogens (tertiary/aromatic N) is 2. The van der Waals surface area contributed by atoms with Crippen molar-refractivity contribution in [1.82, 2.24) is 26.2 Å². The second-order valence-electron chi connectivity index (χ2n) is 9.70. The summed E-state index contributed by atoms with van der Waals surface area (Å²) in [4.78, 5) is 43.2. The molecule has 0 saturated heterocycles. The maximum atomic E-state index is 12.0. The number of halogens is 4. The SMILES string of the molecule is CC(C)(C)OC(=O)NNC(=O)Cc1cc(I)c2ncc(Cl)cc2c1.NNC(=O)Cc1cc(I)c2ncc(Cl)cc2c1. The van der Waals surface area contributed by atoms with E-state index in [1.165, 1.54) is 0 Å². The molecule has 41 heavy (non-hydrogen) atoms. The van der Waals surface area contributed by atoms with Crippen LogP contribution in [-0.4, -0.2) is 33.5 Å². The number of aromatic nitrogens is 2. The van der Waals surface area contributed by atoms with Gasteiger partial charge in [-0.05, 0) is 113 Å². The van der Waals surface area contributed by atoms with E-state index >= 15 is 0 Å². The minimum Gasteiger partial charge on any atom is -0.443 e. The van der Waals surface area contributed by atoms with Crippen LogP contribution < -0.4 is 22.1 Å². The Morgan fingerprint density at radius 1 is 0.805 bits per heavy atom. The Morgan fingerprint density at radius 3 is 1.71 bits per heavy atom. The maximum Gasteiger partial charge on any atom is 0.426 e. The number of rotatable bonds is 4. The zero-order valence-corrected chi connectivity index (χ0v) is 28.0. The van der Waals surface area contributed by atoms with Crippen LogP contribution in [0.25, 0.3) is 21.8 Å². The number of carbonyl (C=O) groups excluding carboxylic acids is 3. The largest absolute Gasteiger partial charge is 0.443 e. The molecule has 0 aliphatic carbocycles. The van der Waals surface area contributed by atoms with Gasteiger partial charge in [-0.2, -0.15) is 0 Å². The van der Waals surface area contributed by atoms with Gasteiger partial charge in [0.2, 0.25) is 11.8 Å². The first-order valence-corrected chi connectivity index (χ1v) is 14.9. The average molecular weight is 823 g/mol. The van der Waals surface area contributed by atoms with Crippen molar-refractivity contribution in [2.75, 3.05) is 0 Å². The smallest absolute Gasteiger partial charge is 0.426 e. The van der Waals surface area contributed by atoms with Crippen LogP contribution in [0.15, 0.2) is 48.8 Å². The lowest BCUT2D eigenvalue weighted by Crippen LogP contribution is -2.44. The standard InChI is InChI=1S/C16H17ClIN3O3.C11H9ClIN3O/c1-16(2,3)24-15(23)21-20-13(22)6-9-4-10-7-11(17)8-19-14(10)12(18)5-9;12-8-4-7-1-6(3-10(17)16-14)2-9(13)11(7)15-5-8/h4-5,7-8H,6H2,1-3H3,(H,20,22)(H,21,23);1-2,4-5H,3,14H2,(H,16,17). The van der Waals surface area contributed by atoms with Crippen molar-refractivity contribution in [2.45, 2.75) is 39.2 Å².